The van der Waals surface area contributed by atoms with Crippen LogP contribution in [-0.2, 0) is 4.74 Å². The molecular weight excluding hydrogens is 396 g/mol. The molecule has 154 valence electrons. The van der Waals surface area contributed by atoms with Crippen LogP contribution in [0.1, 0.15) is 42.2 Å². The first-order chi connectivity index (χ1) is 15.0. The number of fused-ring (bicyclic) bond motifs is 1. The first kappa shape index (κ1) is 20.1. The second-order valence-electron chi connectivity index (χ2n) is 6.87. The molecule has 6 heteroatoms. The van der Waals surface area contributed by atoms with Crippen LogP contribution in [-0.4, -0.2) is 24.8 Å². The van der Waals surface area contributed by atoms with Gasteiger partial charge in [0.05, 0.1) is 23.8 Å². The van der Waals surface area contributed by atoms with E-state index in [0.717, 1.165) is 0 Å². The highest BCUT2D eigenvalue weighted by Gasteiger charge is 2.30. The molecule has 0 saturated heterocycles. The molecule has 0 bridgehead atoms. The molecule has 0 fully saturated rings. The fourth-order valence-corrected chi connectivity index (χ4v) is 3.20. The molecule has 1 heterocycles. The maximum absolute atomic E-state index is 12.8. The lowest BCUT2D eigenvalue weighted by atomic mass is 10.1. The van der Waals surface area contributed by atoms with E-state index in [2.05, 4.69) is 4.74 Å². The summed E-state index contributed by atoms with van der Waals surface area (Å²) < 4.78 is 16.0. The van der Waals surface area contributed by atoms with Crippen LogP contribution >= 0.6 is 0 Å². The molecule has 4 rings (SSSR count). The molecule has 0 aliphatic carbocycles. The quantitative estimate of drug-likeness (QED) is 0.352. The monoisotopic (exact) mass is 414 g/mol. The average Bonchev–Trinajstić information content (AvgIpc) is 3.12. The van der Waals surface area contributed by atoms with E-state index >= 15 is 0 Å². The second-order valence-corrected chi connectivity index (χ2v) is 6.87. The molecule has 0 amide bonds. The van der Waals surface area contributed by atoms with Gasteiger partial charge in [-0.2, -0.15) is 0 Å². The zero-order valence-electron chi connectivity index (χ0n) is 16.9. The topological polar surface area (TPSA) is 78.9 Å². The molecule has 0 atom stereocenters. The number of benzene rings is 3. The number of hydrogen-bond acceptors (Lipinski definition) is 6. The van der Waals surface area contributed by atoms with Crippen molar-refractivity contribution >= 4 is 23.8 Å². The zero-order chi connectivity index (χ0) is 22.0. The standard InChI is InChI=1S/C25H18O6/c1-15-20(31-25(28)17-6-4-3-5-7-17)13-12-19-22(26)21(30-23(15)19)14-16-8-10-18(11-9-16)24(27)29-2/h3-14H,1-2H3/b21-14-. The lowest BCUT2D eigenvalue weighted by molar-refractivity contribution is 0.0600. The van der Waals surface area contributed by atoms with Gasteiger partial charge in [-0.05, 0) is 55.0 Å². The van der Waals surface area contributed by atoms with Gasteiger partial charge in [0, 0.05) is 5.56 Å². The van der Waals surface area contributed by atoms with Gasteiger partial charge in [0.15, 0.2) is 5.76 Å². The Hall–Kier alpha value is -4.19. The van der Waals surface area contributed by atoms with Crippen molar-refractivity contribution in [2.75, 3.05) is 7.11 Å². The minimum absolute atomic E-state index is 0.149. The van der Waals surface area contributed by atoms with Gasteiger partial charge in [-0.15, -0.1) is 0 Å². The number of ether oxygens (including phenoxy) is 3. The summed E-state index contributed by atoms with van der Waals surface area (Å²) in [5.41, 5.74) is 2.48. The van der Waals surface area contributed by atoms with Gasteiger partial charge in [-0.1, -0.05) is 30.3 Å². The van der Waals surface area contributed by atoms with E-state index in [9.17, 15) is 14.4 Å². The predicted molar refractivity (Wildman–Crippen MR) is 113 cm³/mol. The van der Waals surface area contributed by atoms with Crippen molar-refractivity contribution in [1.82, 2.24) is 0 Å². The van der Waals surface area contributed by atoms with Crippen LogP contribution in [0.2, 0.25) is 0 Å². The predicted octanol–water partition coefficient (Wildman–Crippen LogP) is 4.62. The van der Waals surface area contributed by atoms with Crippen molar-refractivity contribution in [1.29, 1.82) is 0 Å². The molecule has 3 aromatic carbocycles. The van der Waals surface area contributed by atoms with Gasteiger partial charge in [-0.25, -0.2) is 9.59 Å². The van der Waals surface area contributed by atoms with Gasteiger partial charge < -0.3 is 14.2 Å². The number of Topliss-reactive ketones (excluding diaryl/α,β-unsaturated/α-hetero) is 1. The highest BCUT2D eigenvalue weighted by atomic mass is 16.5. The zero-order valence-corrected chi connectivity index (χ0v) is 16.9. The molecule has 3 aromatic rings. The van der Waals surface area contributed by atoms with Crippen molar-refractivity contribution in [3.8, 4) is 11.5 Å². The Morgan fingerprint density at radius 3 is 2.23 bits per heavy atom. The summed E-state index contributed by atoms with van der Waals surface area (Å²) in [6.07, 6.45) is 1.60. The molecule has 0 aromatic heterocycles. The number of esters is 2. The maximum atomic E-state index is 12.8. The Morgan fingerprint density at radius 2 is 1.55 bits per heavy atom. The van der Waals surface area contributed by atoms with Gasteiger partial charge in [0.25, 0.3) is 0 Å². The van der Waals surface area contributed by atoms with E-state index in [1.54, 1.807) is 73.7 Å². The Kier molecular flexibility index (Phi) is 5.37. The van der Waals surface area contributed by atoms with Crippen molar-refractivity contribution in [2.24, 2.45) is 0 Å². The van der Waals surface area contributed by atoms with Crippen LogP contribution in [0.15, 0.2) is 72.5 Å². The lowest BCUT2D eigenvalue weighted by Crippen LogP contribution is -2.09. The normalized spacial score (nSPS) is 13.5. The number of rotatable bonds is 4. The highest BCUT2D eigenvalue weighted by molar-refractivity contribution is 6.15. The number of carbonyl (C=O) groups is 3. The number of ketones is 1. The summed E-state index contributed by atoms with van der Waals surface area (Å²) in [5, 5.41) is 0. The third-order valence-electron chi connectivity index (χ3n) is 4.88. The molecule has 6 nitrogen and oxygen atoms in total. The molecule has 0 saturated carbocycles. The van der Waals surface area contributed by atoms with E-state index in [-0.39, 0.29) is 11.5 Å². The Morgan fingerprint density at radius 1 is 0.871 bits per heavy atom. The Balaban J connectivity index is 1.57. The van der Waals surface area contributed by atoms with Crippen molar-refractivity contribution in [3.05, 3.63) is 100 Å². The first-order valence-corrected chi connectivity index (χ1v) is 9.51. The van der Waals surface area contributed by atoms with Crippen LogP contribution in [0.3, 0.4) is 0 Å². The molecule has 0 unspecified atom stereocenters. The molecule has 31 heavy (non-hydrogen) atoms. The van der Waals surface area contributed by atoms with Gasteiger partial charge in [0.2, 0.25) is 5.78 Å². The second kappa shape index (κ2) is 8.28. The van der Waals surface area contributed by atoms with Crippen LogP contribution < -0.4 is 9.47 Å². The van der Waals surface area contributed by atoms with Crippen LogP contribution in [0.5, 0.6) is 11.5 Å². The molecule has 1 aliphatic heterocycles. The summed E-state index contributed by atoms with van der Waals surface area (Å²) in [4.78, 5) is 36.7. The molecule has 0 spiro atoms. The SMILES string of the molecule is COC(=O)c1ccc(/C=C2\Oc3c(ccc(OC(=O)c4ccccc4)c3C)C2=O)cc1. The fourth-order valence-electron chi connectivity index (χ4n) is 3.20. The fraction of sp³-hybridized carbons (Fsp3) is 0.0800. The van der Waals surface area contributed by atoms with E-state index < -0.39 is 11.9 Å². The van der Waals surface area contributed by atoms with Crippen molar-refractivity contribution in [3.63, 3.8) is 0 Å². The minimum Gasteiger partial charge on any atom is -0.465 e. The van der Waals surface area contributed by atoms with Crippen LogP contribution in [0.4, 0.5) is 0 Å². The van der Waals surface area contributed by atoms with E-state index in [0.29, 0.717) is 39.3 Å². The smallest absolute Gasteiger partial charge is 0.343 e. The number of methoxy groups -OCH3 is 1. The lowest BCUT2D eigenvalue weighted by Gasteiger charge is -2.10. The van der Waals surface area contributed by atoms with Gasteiger partial charge in [0.1, 0.15) is 11.5 Å². The van der Waals surface area contributed by atoms with Crippen molar-refractivity contribution in [2.45, 2.75) is 6.92 Å². The Labute approximate surface area is 178 Å². The molecule has 0 N–H and O–H groups in total. The third kappa shape index (κ3) is 3.96. The maximum Gasteiger partial charge on any atom is 0.343 e. The molecule has 0 radical (unpaired) electrons. The summed E-state index contributed by atoms with van der Waals surface area (Å²) in [6.45, 7) is 1.73. The minimum atomic E-state index is -0.491. The van der Waals surface area contributed by atoms with E-state index in [4.69, 9.17) is 9.47 Å². The molecule has 1 aliphatic rings. The summed E-state index contributed by atoms with van der Waals surface area (Å²) in [6, 6.07) is 18.4. The van der Waals surface area contributed by atoms with E-state index in [1.165, 1.54) is 7.11 Å². The van der Waals surface area contributed by atoms with Crippen molar-refractivity contribution < 1.29 is 28.6 Å². The number of hydrogen-bond donors (Lipinski definition) is 0. The summed E-state index contributed by atoms with van der Waals surface area (Å²) in [5.74, 6) is -0.362. The number of carbonyl (C=O) groups excluding carboxylic acids is 3. The summed E-state index contributed by atoms with van der Waals surface area (Å²) >= 11 is 0. The summed E-state index contributed by atoms with van der Waals surface area (Å²) in [7, 11) is 1.31. The Bertz CT molecular complexity index is 1210. The highest BCUT2D eigenvalue weighted by Crippen LogP contribution is 2.39. The number of allylic oxidation sites excluding steroid dienone is 1. The average molecular weight is 414 g/mol. The van der Waals surface area contributed by atoms with Crippen LogP contribution in [0.25, 0.3) is 6.08 Å². The van der Waals surface area contributed by atoms with Gasteiger partial charge in [-0.3, -0.25) is 4.79 Å². The van der Waals surface area contributed by atoms with E-state index in [1.807, 2.05) is 6.07 Å². The van der Waals surface area contributed by atoms with Gasteiger partial charge >= 0.3 is 11.9 Å². The molecular formula is C25H18O6. The third-order valence-corrected chi connectivity index (χ3v) is 4.88. The largest absolute Gasteiger partial charge is 0.465 e. The first-order valence-electron chi connectivity index (χ1n) is 9.51. The van der Waals surface area contributed by atoms with Crippen LogP contribution in [0, 0.1) is 6.92 Å².